The van der Waals surface area contributed by atoms with Crippen LogP contribution in [0.5, 0.6) is 5.75 Å². The van der Waals surface area contributed by atoms with Crippen LogP contribution in [-0.2, 0) is 11.3 Å². The molecule has 1 saturated carbocycles. The Kier molecular flexibility index (Phi) is 10.2. The van der Waals surface area contributed by atoms with E-state index in [2.05, 4.69) is 32.7 Å². The second kappa shape index (κ2) is 12.4. The molecule has 2 fully saturated rings. The van der Waals surface area contributed by atoms with Crippen LogP contribution in [0.25, 0.3) is 0 Å². The summed E-state index contributed by atoms with van der Waals surface area (Å²) < 4.78 is 11.4. The number of nitrogens with zero attached hydrogens (tertiary/aromatic N) is 2. The van der Waals surface area contributed by atoms with Gasteiger partial charge in [-0.1, -0.05) is 31.0 Å². The van der Waals surface area contributed by atoms with Gasteiger partial charge in [0.2, 0.25) is 0 Å². The molecule has 0 bridgehead atoms. The molecule has 1 heterocycles. The molecule has 0 spiro atoms. The molecule has 2 aliphatic rings. The van der Waals surface area contributed by atoms with Crippen LogP contribution in [0.1, 0.15) is 31.2 Å². The van der Waals surface area contributed by atoms with Gasteiger partial charge < -0.3 is 20.1 Å². The smallest absolute Gasteiger partial charge is 0.191 e. The Morgan fingerprint density at radius 3 is 2.70 bits per heavy atom. The van der Waals surface area contributed by atoms with Crippen molar-refractivity contribution in [1.29, 1.82) is 0 Å². The van der Waals surface area contributed by atoms with Crippen LogP contribution in [-0.4, -0.2) is 63.4 Å². The van der Waals surface area contributed by atoms with E-state index in [1.807, 2.05) is 19.2 Å². The third-order valence-corrected chi connectivity index (χ3v) is 5.11. The first-order chi connectivity index (χ1) is 12.8. The van der Waals surface area contributed by atoms with Gasteiger partial charge in [0.1, 0.15) is 12.4 Å². The molecule has 0 aromatic heterocycles. The minimum atomic E-state index is 0. The Bertz CT molecular complexity index is 573. The second-order valence-electron chi connectivity index (χ2n) is 6.96. The van der Waals surface area contributed by atoms with Gasteiger partial charge in [-0.25, -0.2) is 0 Å². The Balaban J connectivity index is 0.00000261. The van der Waals surface area contributed by atoms with Gasteiger partial charge in [-0.2, -0.15) is 0 Å². The molecule has 0 unspecified atom stereocenters. The predicted octanol–water partition coefficient (Wildman–Crippen LogP) is 2.62. The Morgan fingerprint density at radius 1 is 1.22 bits per heavy atom. The lowest BCUT2D eigenvalue weighted by Gasteiger charge is -2.26. The molecule has 1 aromatic carbocycles. The minimum Gasteiger partial charge on any atom is -0.492 e. The highest BCUT2D eigenvalue weighted by Gasteiger charge is 2.16. The van der Waals surface area contributed by atoms with Crippen LogP contribution >= 0.6 is 24.0 Å². The van der Waals surface area contributed by atoms with Crippen LogP contribution in [0.2, 0.25) is 0 Å². The van der Waals surface area contributed by atoms with Crippen LogP contribution in [0.4, 0.5) is 0 Å². The van der Waals surface area contributed by atoms with Gasteiger partial charge in [0, 0.05) is 44.8 Å². The standard InChI is InChI=1S/C20H32N4O2.HI/c1-21-20(23-18-7-3-4-8-18)22-16-17-6-2-5-9-19(17)26-15-12-24-10-13-25-14-11-24;/h2,5-6,9,18H,3-4,7-8,10-16H2,1H3,(H2,21,22,23);1H. The molecule has 1 aliphatic carbocycles. The number of para-hydroxylation sites is 1. The maximum absolute atomic E-state index is 6.06. The summed E-state index contributed by atoms with van der Waals surface area (Å²) in [5.41, 5.74) is 1.16. The number of nitrogens with one attached hydrogen (secondary N) is 2. The molecule has 7 heteroatoms. The zero-order valence-corrected chi connectivity index (χ0v) is 18.6. The topological polar surface area (TPSA) is 58.1 Å². The molecule has 1 aliphatic heterocycles. The van der Waals surface area contributed by atoms with Gasteiger partial charge in [-0.3, -0.25) is 9.89 Å². The van der Waals surface area contributed by atoms with E-state index in [0.717, 1.165) is 50.1 Å². The fourth-order valence-corrected chi connectivity index (χ4v) is 3.54. The van der Waals surface area contributed by atoms with Gasteiger partial charge in [0.05, 0.1) is 13.2 Å². The molecular formula is C20H33IN4O2. The van der Waals surface area contributed by atoms with E-state index in [9.17, 15) is 0 Å². The molecule has 152 valence electrons. The fourth-order valence-electron chi connectivity index (χ4n) is 3.54. The van der Waals surface area contributed by atoms with Gasteiger partial charge in [-0.15, -0.1) is 24.0 Å². The SMILES string of the molecule is CN=C(NCc1ccccc1OCCN1CCOCC1)NC1CCCC1.I. The number of guanidine groups is 1. The summed E-state index contributed by atoms with van der Waals surface area (Å²) in [5.74, 6) is 1.82. The molecule has 1 aromatic rings. The Morgan fingerprint density at radius 2 is 1.96 bits per heavy atom. The molecule has 1 saturated heterocycles. The van der Waals surface area contributed by atoms with Crippen molar-refractivity contribution in [2.75, 3.05) is 46.5 Å². The maximum Gasteiger partial charge on any atom is 0.191 e. The van der Waals surface area contributed by atoms with E-state index in [4.69, 9.17) is 9.47 Å². The van der Waals surface area contributed by atoms with Crippen molar-refractivity contribution in [1.82, 2.24) is 15.5 Å². The quantitative estimate of drug-likeness (QED) is 0.351. The number of morpholine rings is 1. The Labute approximate surface area is 180 Å². The number of halogens is 1. The summed E-state index contributed by atoms with van der Waals surface area (Å²) >= 11 is 0. The summed E-state index contributed by atoms with van der Waals surface area (Å²) in [6, 6.07) is 8.79. The van der Waals surface area contributed by atoms with Crippen LogP contribution in [0.15, 0.2) is 29.3 Å². The molecule has 6 nitrogen and oxygen atoms in total. The summed E-state index contributed by atoms with van der Waals surface area (Å²) in [7, 11) is 1.83. The van der Waals surface area contributed by atoms with Gasteiger partial charge in [-0.05, 0) is 18.9 Å². The molecule has 2 N–H and O–H groups in total. The third kappa shape index (κ3) is 7.46. The summed E-state index contributed by atoms with van der Waals surface area (Å²) in [6.07, 6.45) is 5.10. The zero-order valence-electron chi connectivity index (χ0n) is 16.3. The molecule has 3 rings (SSSR count). The van der Waals surface area contributed by atoms with E-state index >= 15 is 0 Å². The van der Waals surface area contributed by atoms with Crippen molar-refractivity contribution in [2.24, 2.45) is 4.99 Å². The van der Waals surface area contributed by atoms with E-state index in [1.165, 1.54) is 25.7 Å². The van der Waals surface area contributed by atoms with Gasteiger partial charge in [0.15, 0.2) is 5.96 Å². The lowest BCUT2D eigenvalue weighted by molar-refractivity contribution is 0.0322. The van der Waals surface area contributed by atoms with Crippen LogP contribution < -0.4 is 15.4 Å². The van der Waals surface area contributed by atoms with Crippen molar-refractivity contribution >= 4 is 29.9 Å². The first-order valence-electron chi connectivity index (χ1n) is 9.83. The number of ether oxygens (including phenoxy) is 2. The van der Waals surface area contributed by atoms with Crippen LogP contribution in [0.3, 0.4) is 0 Å². The fraction of sp³-hybridized carbons (Fsp3) is 0.650. The van der Waals surface area contributed by atoms with Crippen LogP contribution in [0, 0.1) is 0 Å². The molecular weight excluding hydrogens is 455 g/mol. The van der Waals surface area contributed by atoms with E-state index in [0.29, 0.717) is 19.2 Å². The Hall–Kier alpha value is -1.06. The minimum absolute atomic E-state index is 0. The highest BCUT2D eigenvalue weighted by molar-refractivity contribution is 14.0. The molecule has 0 amide bonds. The summed E-state index contributed by atoms with van der Waals surface area (Å²) in [4.78, 5) is 6.74. The van der Waals surface area contributed by atoms with Crippen molar-refractivity contribution in [3.63, 3.8) is 0 Å². The largest absolute Gasteiger partial charge is 0.492 e. The maximum atomic E-state index is 6.06. The first kappa shape index (κ1) is 22.2. The lowest BCUT2D eigenvalue weighted by atomic mass is 10.2. The number of hydrogen-bond donors (Lipinski definition) is 2. The van der Waals surface area contributed by atoms with Gasteiger partial charge in [0.25, 0.3) is 0 Å². The molecule has 0 radical (unpaired) electrons. The van der Waals surface area contributed by atoms with Crippen molar-refractivity contribution < 1.29 is 9.47 Å². The second-order valence-corrected chi connectivity index (χ2v) is 6.96. The number of benzene rings is 1. The first-order valence-corrected chi connectivity index (χ1v) is 9.83. The summed E-state index contributed by atoms with van der Waals surface area (Å²) in [6.45, 7) is 5.99. The van der Waals surface area contributed by atoms with E-state index in [-0.39, 0.29) is 24.0 Å². The number of hydrogen-bond acceptors (Lipinski definition) is 4. The average molecular weight is 488 g/mol. The van der Waals surface area contributed by atoms with E-state index in [1.54, 1.807) is 0 Å². The normalized spacial score (nSPS) is 18.8. The number of aliphatic imine (C=N–C) groups is 1. The zero-order chi connectivity index (χ0) is 18.0. The average Bonchev–Trinajstić information content (AvgIpc) is 3.20. The highest BCUT2D eigenvalue weighted by atomic mass is 127. The predicted molar refractivity (Wildman–Crippen MR) is 120 cm³/mol. The van der Waals surface area contributed by atoms with E-state index < -0.39 is 0 Å². The van der Waals surface area contributed by atoms with Gasteiger partial charge >= 0.3 is 0 Å². The van der Waals surface area contributed by atoms with Crippen molar-refractivity contribution in [3.8, 4) is 5.75 Å². The number of rotatable bonds is 7. The lowest BCUT2D eigenvalue weighted by Crippen LogP contribution is -2.42. The molecule has 27 heavy (non-hydrogen) atoms. The third-order valence-electron chi connectivity index (χ3n) is 5.11. The summed E-state index contributed by atoms with van der Waals surface area (Å²) in [5, 5.41) is 6.95. The van der Waals surface area contributed by atoms with Crippen molar-refractivity contribution in [2.45, 2.75) is 38.3 Å². The highest BCUT2D eigenvalue weighted by Crippen LogP contribution is 2.19. The molecule has 0 atom stereocenters. The monoisotopic (exact) mass is 488 g/mol. The van der Waals surface area contributed by atoms with Crippen molar-refractivity contribution in [3.05, 3.63) is 29.8 Å².